The van der Waals surface area contributed by atoms with E-state index in [0.717, 1.165) is 0 Å². The van der Waals surface area contributed by atoms with E-state index in [-0.39, 0.29) is 25.0 Å². The van der Waals surface area contributed by atoms with Gasteiger partial charge in [0.15, 0.2) is 5.96 Å². The first-order chi connectivity index (χ1) is 6.72. The van der Waals surface area contributed by atoms with Crippen LogP contribution in [0.2, 0.25) is 0 Å². The molecular formula is C7H13N5O2. The molecule has 2 unspecified atom stereocenters. The molecule has 2 aliphatic heterocycles. The average Bonchev–Trinajstić information content (AvgIpc) is 2.66. The van der Waals surface area contributed by atoms with Crippen molar-refractivity contribution < 1.29 is 9.90 Å². The number of guanidine groups is 1. The van der Waals surface area contributed by atoms with Crippen LogP contribution in [-0.4, -0.2) is 54.5 Å². The molecule has 2 heterocycles. The number of aliphatic hydroxyl groups excluding tert-OH is 1. The number of carbonyl (C=O) groups excluding carboxylic acids is 1. The number of carbonyl (C=O) groups is 1. The fourth-order valence-corrected chi connectivity index (χ4v) is 1.54. The molecule has 4 N–H and O–H groups in total. The van der Waals surface area contributed by atoms with Gasteiger partial charge < -0.3 is 26.0 Å². The predicted octanol–water partition coefficient (Wildman–Crippen LogP) is -2.17. The summed E-state index contributed by atoms with van der Waals surface area (Å²) in [6.45, 7) is 0.372. The number of nitrogens with zero attached hydrogens (tertiary/aromatic N) is 2. The number of hydrogen-bond acceptors (Lipinski definition) is 3. The number of urea groups is 1. The van der Waals surface area contributed by atoms with E-state index in [1.165, 1.54) is 0 Å². The predicted molar refractivity (Wildman–Crippen MR) is 49.5 cm³/mol. The molecule has 2 rings (SSSR count). The third-order valence-electron chi connectivity index (χ3n) is 2.28. The second-order valence-electron chi connectivity index (χ2n) is 3.23. The van der Waals surface area contributed by atoms with Crippen molar-refractivity contribution in [1.82, 2.24) is 20.9 Å². The van der Waals surface area contributed by atoms with Crippen molar-refractivity contribution in [3.05, 3.63) is 0 Å². The third kappa shape index (κ3) is 1.35. The number of aliphatic imine (C=N–C) groups is 1. The fraction of sp³-hybridized carbons (Fsp3) is 0.714. The van der Waals surface area contributed by atoms with E-state index in [1.54, 1.807) is 11.9 Å². The van der Waals surface area contributed by atoms with Crippen LogP contribution in [0.3, 0.4) is 0 Å². The first-order valence-corrected chi connectivity index (χ1v) is 4.44. The molecule has 0 radical (unpaired) electrons. The lowest BCUT2D eigenvalue weighted by Gasteiger charge is -2.15. The Bertz CT molecular complexity index is 279. The normalized spacial score (nSPS) is 32.6. The van der Waals surface area contributed by atoms with Crippen molar-refractivity contribution in [2.24, 2.45) is 4.99 Å². The molecule has 2 aliphatic rings. The zero-order chi connectivity index (χ0) is 10.1. The maximum Gasteiger partial charge on any atom is 0.320 e. The minimum Gasteiger partial charge on any atom is -0.394 e. The quantitative estimate of drug-likeness (QED) is 0.407. The molecule has 7 nitrogen and oxygen atoms in total. The van der Waals surface area contributed by atoms with Crippen LogP contribution in [0.1, 0.15) is 0 Å². The Labute approximate surface area is 81.2 Å². The lowest BCUT2D eigenvalue weighted by Crippen LogP contribution is -2.41. The Balaban J connectivity index is 2.00. The summed E-state index contributed by atoms with van der Waals surface area (Å²) in [5.74, 6) is 0.612. The topological polar surface area (TPSA) is 89.0 Å². The van der Waals surface area contributed by atoms with Crippen molar-refractivity contribution in [3.8, 4) is 0 Å². The zero-order valence-electron chi connectivity index (χ0n) is 7.82. The standard InChI is InChI=1S/C7H13N5O2/c1-12-5-4(10-7(12)14)9-6(11-5)8-2-3-13/h4-5,13H,2-3H2,1H3,(H,10,14)(H2,8,9,11). The molecule has 0 bridgehead atoms. The van der Waals surface area contributed by atoms with Gasteiger partial charge in [-0.15, -0.1) is 0 Å². The molecule has 0 spiro atoms. The number of rotatable bonds is 2. The fourth-order valence-electron chi connectivity index (χ4n) is 1.54. The van der Waals surface area contributed by atoms with Crippen LogP contribution in [0.15, 0.2) is 4.99 Å². The van der Waals surface area contributed by atoms with Crippen LogP contribution in [0, 0.1) is 0 Å². The molecular weight excluding hydrogens is 186 g/mol. The SMILES string of the molecule is CN1C(=O)NC2NC(=NCCO)NC21. The lowest BCUT2D eigenvalue weighted by atomic mass is 10.4. The lowest BCUT2D eigenvalue weighted by molar-refractivity contribution is 0.214. The van der Waals surface area contributed by atoms with E-state index < -0.39 is 0 Å². The van der Waals surface area contributed by atoms with Gasteiger partial charge in [-0.25, -0.2) is 4.79 Å². The van der Waals surface area contributed by atoms with Crippen LogP contribution in [0.4, 0.5) is 4.79 Å². The Morgan fingerprint density at radius 3 is 2.93 bits per heavy atom. The summed E-state index contributed by atoms with van der Waals surface area (Å²) >= 11 is 0. The van der Waals surface area contributed by atoms with Gasteiger partial charge in [-0.1, -0.05) is 0 Å². The van der Waals surface area contributed by atoms with E-state index in [1.807, 2.05) is 0 Å². The van der Waals surface area contributed by atoms with Crippen molar-refractivity contribution in [3.63, 3.8) is 0 Å². The molecule has 0 saturated carbocycles. The maximum absolute atomic E-state index is 11.2. The van der Waals surface area contributed by atoms with E-state index in [4.69, 9.17) is 5.11 Å². The van der Waals surface area contributed by atoms with Crippen molar-refractivity contribution in [2.45, 2.75) is 12.3 Å². The minimum atomic E-state index is -0.134. The van der Waals surface area contributed by atoms with Gasteiger partial charge in [-0.05, 0) is 0 Å². The molecule has 0 aromatic heterocycles. The summed E-state index contributed by atoms with van der Waals surface area (Å²) in [7, 11) is 1.71. The molecule has 14 heavy (non-hydrogen) atoms. The largest absolute Gasteiger partial charge is 0.394 e. The number of nitrogens with one attached hydrogen (secondary N) is 3. The third-order valence-corrected chi connectivity index (χ3v) is 2.28. The molecule has 78 valence electrons. The van der Waals surface area contributed by atoms with Gasteiger partial charge in [-0.2, -0.15) is 0 Å². The number of likely N-dealkylation sites (N-methyl/N-ethyl adjacent to an activating group) is 1. The van der Waals surface area contributed by atoms with Crippen LogP contribution in [0.25, 0.3) is 0 Å². The highest BCUT2D eigenvalue weighted by Gasteiger charge is 2.42. The number of fused-ring (bicyclic) bond motifs is 1. The smallest absolute Gasteiger partial charge is 0.320 e. The van der Waals surface area contributed by atoms with E-state index >= 15 is 0 Å². The van der Waals surface area contributed by atoms with Crippen LogP contribution in [0.5, 0.6) is 0 Å². The first-order valence-electron chi connectivity index (χ1n) is 4.44. The first kappa shape index (κ1) is 9.07. The summed E-state index contributed by atoms with van der Waals surface area (Å²) in [6, 6.07) is -0.110. The molecule has 2 saturated heterocycles. The highest BCUT2D eigenvalue weighted by atomic mass is 16.3. The molecule has 2 fully saturated rings. The Kier molecular flexibility index (Phi) is 2.16. The second-order valence-corrected chi connectivity index (χ2v) is 3.23. The van der Waals surface area contributed by atoms with E-state index in [9.17, 15) is 4.79 Å². The molecule has 2 atom stereocenters. The summed E-state index contributed by atoms with van der Waals surface area (Å²) in [6.07, 6.45) is -0.232. The molecule has 2 amide bonds. The van der Waals surface area contributed by atoms with Gasteiger partial charge in [0.05, 0.1) is 13.2 Å². The molecule has 7 heteroatoms. The van der Waals surface area contributed by atoms with Gasteiger partial charge in [0.1, 0.15) is 12.3 Å². The van der Waals surface area contributed by atoms with Gasteiger partial charge in [0.25, 0.3) is 0 Å². The summed E-state index contributed by atoms with van der Waals surface area (Å²) < 4.78 is 0. The van der Waals surface area contributed by atoms with Gasteiger partial charge in [-0.3, -0.25) is 4.99 Å². The Morgan fingerprint density at radius 2 is 2.29 bits per heavy atom. The van der Waals surface area contributed by atoms with E-state index in [0.29, 0.717) is 12.5 Å². The number of hydrogen-bond donors (Lipinski definition) is 4. The number of aliphatic hydroxyl groups is 1. The average molecular weight is 199 g/mol. The van der Waals surface area contributed by atoms with Crippen molar-refractivity contribution >= 4 is 12.0 Å². The molecule has 0 aliphatic carbocycles. The Morgan fingerprint density at radius 1 is 1.50 bits per heavy atom. The summed E-state index contributed by atoms with van der Waals surface area (Å²) in [5, 5.41) is 17.4. The van der Waals surface area contributed by atoms with E-state index in [2.05, 4.69) is 20.9 Å². The molecule has 0 aromatic rings. The molecule has 0 aromatic carbocycles. The highest BCUT2D eigenvalue weighted by molar-refractivity contribution is 5.87. The Hall–Kier alpha value is -1.50. The summed E-state index contributed by atoms with van der Waals surface area (Å²) in [5.41, 5.74) is 0. The van der Waals surface area contributed by atoms with Crippen LogP contribution >= 0.6 is 0 Å². The number of amides is 2. The minimum absolute atomic E-state index is 0.0182. The zero-order valence-corrected chi connectivity index (χ0v) is 7.82. The van der Waals surface area contributed by atoms with Crippen molar-refractivity contribution in [2.75, 3.05) is 20.2 Å². The maximum atomic E-state index is 11.2. The van der Waals surface area contributed by atoms with Crippen molar-refractivity contribution in [1.29, 1.82) is 0 Å². The second kappa shape index (κ2) is 3.33. The van der Waals surface area contributed by atoms with Gasteiger partial charge in [0, 0.05) is 7.05 Å². The monoisotopic (exact) mass is 199 g/mol. The summed E-state index contributed by atoms with van der Waals surface area (Å²) in [4.78, 5) is 16.8. The van der Waals surface area contributed by atoms with Crippen LogP contribution in [-0.2, 0) is 0 Å². The van der Waals surface area contributed by atoms with Gasteiger partial charge in [0.2, 0.25) is 0 Å². The van der Waals surface area contributed by atoms with Gasteiger partial charge >= 0.3 is 6.03 Å². The highest BCUT2D eigenvalue weighted by Crippen LogP contribution is 2.10. The van der Waals surface area contributed by atoms with Crippen LogP contribution < -0.4 is 16.0 Å².